The van der Waals surface area contributed by atoms with Crippen LogP contribution in [0.15, 0.2) is 41.6 Å². The Morgan fingerprint density at radius 3 is 2.62 bits per heavy atom. The summed E-state index contributed by atoms with van der Waals surface area (Å²) in [7, 11) is -3.63. The summed E-state index contributed by atoms with van der Waals surface area (Å²) in [6.45, 7) is 3.67. The molecule has 8 heteroatoms. The standard InChI is InChI=1S/C13H19N5O2S/c1-11(15-7-2-9-18-10-8-16-17-18)12-3-5-13(6-4-12)21(14,19)20/h3-6,8,10-11,15H,2,7,9H2,1H3,(H2,14,19,20). The number of primary sulfonamides is 1. The van der Waals surface area contributed by atoms with E-state index in [9.17, 15) is 8.42 Å². The number of benzene rings is 1. The summed E-state index contributed by atoms with van der Waals surface area (Å²) in [5.41, 5.74) is 1.02. The van der Waals surface area contributed by atoms with Crippen LogP contribution < -0.4 is 10.5 Å². The van der Waals surface area contributed by atoms with E-state index in [-0.39, 0.29) is 10.9 Å². The number of sulfonamides is 1. The summed E-state index contributed by atoms with van der Waals surface area (Å²) < 4.78 is 24.2. The summed E-state index contributed by atoms with van der Waals surface area (Å²) in [5.74, 6) is 0. The third kappa shape index (κ3) is 4.62. The fraction of sp³-hybridized carbons (Fsp3) is 0.385. The molecule has 0 fully saturated rings. The minimum Gasteiger partial charge on any atom is -0.310 e. The van der Waals surface area contributed by atoms with Crippen molar-refractivity contribution in [1.82, 2.24) is 20.3 Å². The highest BCUT2D eigenvalue weighted by molar-refractivity contribution is 7.89. The van der Waals surface area contributed by atoms with Crippen molar-refractivity contribution in [3.05, 3.63) is 42.2 Å². The van der Waals surface area contributed by atoms with Crippen LogP contribution in [0.2, 0.25) is 0 Å². The summed E-state index contributed by atoms with van der Waals surface area (Å²) in [6, 6.07) is 6.73. The molecule has 1 heterocycles. The molecule has 0 aliphatic heterocycles. The summed E-state index contributed by atoms with van der Waals surface area (Å²) in [4.78, 5) is 0.129. The number of aromatic nitrogens is 3. The highest BCUT2D eigenvalue weighted by Gasteiger charge is 2.09. The van der Waals surface area contributed by atoms with Gasteiger partial charge in [0.25, 0.3) is 0 Å². The molecule has 0 spiro atoms. The predicted molar refractivity (Wildman–Crippen MR) is 78.9 cm³/mol. The number of hydrogen-bond acceptors (Lipinski definition) is 5. The van der Waals surface area contributed by atoms with E-state index in [0.717, 1.165) is 25.1 Å². The summed E-state index contributed by atoms with van der Waals surface area (Å²) in [6.07, 6.45) is 4.42. The molecule has 0 aliphatic rings. The molecule has 0 aliphatic carbocycles. The molecule has 1 atom stereocenters. The van der Waals surface area contributed by atoms with Crippen molar-refractivity contribution in [1.29, 1.82) is 0 Å². The van der Waals surface area contributed by atoms with Gasteiger partial charge in [-0.2, -0.15) is 0 Å². The number of hydrogen-bond donors (Lipinski definition) is 2. The van der Waals surface area contributed by atoms with Crippen molar-refractivity contribution in [3.63, 3.8) is 0 Å². The van der Waals surface area contributed by atoms with Gasteiger partial charge in [-0.1, -0.05) is 17.3 Å². The lowest BCUT2D eigenvalue weighted by Gasteiger charge is -2.14. The maximum absolute atomic E-state index is 11.2. The Hall–Kier alpha value is -1.77. The molecule has 0 amide bonds. The zero-order valence-corrected chi connectivity index (χ0v) is 12.6. The third-order valence-corrected chi connectivity index (χ3v) is 4.12. The first kappa shape index (κ1) is 15.6. The van der Waals surface area contributed by atoms with Gasteiger partial charge in [-0.3, -0.25) is 4.68 Å². The van der Waals surface area contributed by atoms with Gasteiger partial charge in [-0.15, -0.1) is 5.10 Å². The Morgan fingerprint density at radius 2 is 2.05 bits per heavy atom. The number of nitrogens with zero attached hydrogens (tertiary/aromatic N) is 3. The van der Waals surface area contributed by atoms with Gasteiger partial charge < -0.3 is 5.32 Å². The van der Waals surface area contributed by atoms with Crippen LogP contribution in [0.5, 0.6) is 0 Å². The zero-order valence-electron chi connectivity index (χ0n) is 11.8. The van der Waals surface area contributed by atoms with Crippen LogP contribution in [-0.4, -0.2) is 30.0 Å². The Morgan fingerprint density at radius 1 is 1.33 bits per heavy atom. The molecule has 0 saturated carbocycles. The lowest BCUT2D eigenvalue weighted by Crippen LogP contribution is -2.21. The smallest absolute Gasteiger partial charge is 0.238 e. The Labute approximate surface area is 124 Å². The summed E-state index contributed by atoms with van der Waals surface area (Å²) in [5, 5.41) is 16.1. The van der Waals surface area contributed by atoms with E-state index in [1.54, 1.807) is 23.0 Å². The average molecular weight is 309 g/mol. The maximum Gasteiger partial charge on any atom is 0.238 e. The first-order valence-corrected chi connectivity index (χ1v) is 8.22. The molecule has 2 rings (SSSR count). The zero-order chi connectivity index (χ0) is 15.3. The van der Waals surface area contributed by atoms with E-state index in [1.807, 2.05) is 13.1 Å². The Kier molecular flexibility index (Phi) is 5.05. The molecule has 0 bridgehead atoms. The normalized spacial score (nSPS) is 13.2. The predicted octanol–water partition coefficient (Wildman–Crippen LogP) is 0.666. The highest BCUT2D eigenvalue weighted by atomic mass is 32.2. The minimum atomic E-state index is -3.63. The number of nitrogens with one attached hydrogen (secondary N) is 1. The number of nitrogens with two attached hydrogens (primary N) is 1. The minimum absolute atomic E-state index is 0.129. The second kappa shape index (κ2) is 6.79. The monoisotopic (exact) mass is 309 g/mol. The molecule has 2 aromatic rings. The molecule has 3 N–H and O–H groups in total. The first-order valence-electron chi connectivity index (χ1n) is 6.67. The molecule has 1 unspecified atom stereocenters. The van der Waals surface area contributed by atoms with Crippen LogP contribution in [0.1, 0.15) is 24.9 Å². The van der Waals surface area contributed by atoms with E-state index < -0.39 is 10.0 Å². The fourth-order valence-corrected chi connectivity index (χ4v) is 2.49. The van der Waals surface area contributed by atoms with Gasteiger partial charge in [0.2, 0.25) is 10.0 Å². The molecule has 0 saturated heterocycles. The second-order valence-corrected chi connectivity index (χ2v) is 6.37. The number of aryl methyl sites for hydroxylation is 1. The van der Waals surface area contributed by atoms with Gasteiger partial charge >= 0.3 is 0 Å². The quantitative estimate of drug-likeness (QED) is 0.732. The largest absolute Gasteiger partial charge is 0.310 e. The molecule has 0 radical (unpaired) electrons. The van der Waals surface area contributed by atoms with E-state index in [0.29, 0.717) is 0 Å². The fourth-order valence-electron chi connectivity index (χ4n) is 1.98. The van der Waals surface area contributed by atoms with E-state index in [4.69, 9.17) is 5.14 Å². The topological polar surface area (TPSA) is 103 Å². The van der Waals surface area contributed by atoms with Crippen LogP contribution in [0.3, 0.4) is 0 Å². The molecule has 1 aromatic heterocycles. The van der Waals surface area contributed by atoms with Gasteiger partial charge in [-0.25, -0.2) is 13.6 Å². The second-order valence-electron chi connectivity index (χ2n) is 4.81. The van der Waals surface area contributed by atoms with Crippen molar-refractivity contribution in [2.45, 2.75) is 30.8 Å². The maximum atomic E-state index is 11.2. The SMILES string of the molecule is CC(NCCCn1ccnn1)c1ccc(S(N)(=O)=O)cc1. The summed E-state index contributed by atoms with van der Waals surface area (Å²) >= 11 is 0. The van der Waals surface area contributed by atoms with Crippen molar-refractivity contribution in [3.8, 4) is 0 Å². The molecule has 114 valence electrons. The third-order valence-electron chi connectivity index (χ3n) is 3.20. The van der Waals surface area contributed by atoms with Gasteiger partial charge in [0, 0.05) is 18.8 Å². The average Bonchev–Trinajstić information content (AvgIpc) is 2.96. The van der Waals surface area contributed by atoms with Gasteiger partial charge in [0.05, 0.1) is 11.1 Å². The van der Waals surface area contributed by atoms with Crippen molar-refractivity contribution >= 4 is 10.0 Å². The van der Waals surface area contributed by atoms with Gasteiger partial charge in [0.15, 0.2) is 0 Å². The van der Waals surface area contributed by atoms with Crippen LogP contribution in [0.25, 0.3) is 0 Å². The van der Waals surface area contributed by atoms with Gasteiger partial charge in [-0.05, 0) is 37.6 Å². The molecule has 21 heavy (non-hydrogen) atoms. The van der Waals surface area contributed by atoms with Crippen molar-refractivity contribution in [2.75, 3.05) is 6.54 Å². The van der Waals surface area contributed by atoms with Crippen LogP contribution in [0, 0.1) is 0 Å². The molecule has 1 aromatic carbocycles. The lowest BCUT2D eigenvalue weighted by molar-refractivity contribution is 0.499. The van der Waals surface area contributed by atoms with Crippen LogP contribution in [-0.2, 0) is 16.6 Å². The molecular formula is C13H19N5O2S. The Balaban J connectivity index is 1.81. The van der Waals surface area contributed by atoms with Crippen molar-refractivity contribution in [2.24, 2.45) is 5.14 Å². The van der Waals surface area contributed by atoms with Crippen molar-refractivity contribution < 1.29 is 8.42 Å². The molecular weight excluding hydrogens is 290 g/mol. The number of rotatable bonds is 7. The first-order chi connectivity index (χ1) is 9.97. The van der Waals surface area contributed by atoms with E-state index in [1.165, 1.54) is 12.1 Å². The van der Waals surface area contributed by atoms with Gasteiger partial charge in [0.1, 0.15) is 0 Å². The van der Waals surface area contributed by atoms with E-state index in [2.05, 4.69) is 15.6 Å². The molecule has 7 nitrogen and oxygen atoms in total. The Bertz CT molecular complexity index is 652. The highest BCUT2D eigenvalue weighted by Crippen LogP contribution is 2.15. The van der Waals surface area contributed by atoms with E-state index >= 15 is 0 Å². The van der Waals surface area contributed by atoms with Crippen LogP contribution in [0.4, 0.5) is 0 Å². The lowest BCUT2D eigenvalue weighted by atomic mass is 10.1. The van der Waals surface area contributed by atoms with Crippen LogP contribution >= 0.6 is 0 Å².